The lowest BCUT2D eigenvalue weighted by molar-refractivity contribution is 0.371. The highest BCUT2D eigenvalue weighted by atomic mass is 16.5. The van der Waals surface area contributed by atoms with E-state index in [2.05, 4.69) is 0 Å². The van der Waals surface area contributed by atoms with Crippen molar-refractivity contribution in [1.82, 2.24) is 0 Å². The van der Waals surface area contributed by atoms with Gasteiger partial charge in [-0.2, -0.15) is 0 Å². The number of aromatic hydroxyl groups is 1. The number of phenols is 1. The van der Waals surface area contributed by atoms with Crippen molar-refractivity contribution in [3.8, 4) is 11.5 Å². The van der Waals surface area contributed by atoms with Crippen LogP contribution in [-0.4, -0.2) is 12.2 Å². The number of ether oxygens (including phenoxy) is 1. The Morgan fingerprint density at radius 3 is 2.79 bits per heavy atom. The number of methoxy groups -OCH3 is 1. The van der Waals surface area contributed by atoms with Crippen LogP contribution in [0.3, 0.4) is 0 Å². The van der Waals surface area contributed by atoms with Gasteiger partial charge in [0.25, 0.3) is 0 Å². The summed E-state index contributed by atoms with van der Waals surface area (Å²) < 4.78 is 10.3. The van der Waals surface area contributed by atoms with E-state index in [0.717, 1.165) is 11.0 Å². The van der Waals surface area contributed by atoms with Gasteiger partial charge in [0.1, 0.15) is 5.58 Å². The zero-order valence-electron chi connectivity index (χ0n) is 11.2. The van der Waals surface area contributed by atoms with Crippen LogP contribution < -0.4 is 10.4 Å². The highest BCUT2D eigenvalue weighted by Crippen LogP contribution is 2.36. The van der Waals surface area contributed by atoms with Crippen LogP contribution in [0.4, 0.5) is 0 Å². The van der Waals surface area contributed by atoms with Gasteiger partial charge < -0.3 is 14.3 Å². The van der Waals surface area contributed by atoms with Crippen molar-refractivity contribution in [3.63, 3.8) is 0 Å². The maximum absolute atomic E-state index is 11.3. The Balaban J connectivity index is 2.74. The van der Waals surface area contributed by atoms with Gasteiger partial charge in [0.2, 0.25) is 0 Å². The lowest BCUT2D eigenvalue weighted by Gasteiger charge is -2.10. The quantitative estimate of drug-likeness (QED) is 0.680. The first-order valence-electron chi connectivity index (χ1n) is 5.99. The second-order valence-corrected chi connectivity index (χ2v) is 4.56. The van der Waals surface area contributed by atoms with Crippen LogP contribution in [0.1, 0.15) is 19.4 Å². The van der Waals surface area contributed by atoms with E-state index in [1.54, 1.807) is 12.1 Å². The third-order valence-electron chi connectivity index (χ3n) is 2.88. The molecule has 1 heterocycles. The van der Waals surface area contributed by atoms with Crippen molar-refractivity contribution in [2.24, 2.45) is 0 Å². The van der Waals surface area contributed by atoms with Crippen LogP contribution in [0, 0.1) is 0 Å². The Morgan fingerprint density at radius 2 is 2.16 bits per heavy atom. The molecule has 0 aliphatic heterocycles. The molecule has 0 aliphatic rings. The second-order valence-electron chi connectivity index (χ2n) is 4.56. The molecule has 1 aromatic heterocycles. The minimum absolute atomic E-state index is 0.0156. The summed E-state index contributed by atoms with van der Waals surface area (Å²) in [6.45, 7) is 3.94. The number of phenolic OH excluding ortho intramolecular Hbond substituents is 1. The second kappa shape index (κ2) is 5.18. The van der Waals surface area contributed by atoms with Gasteiger partial charge in [-0.05, 0) is 32.4 Å². The van der Waals surface area contributed by atoms with E-state index in [1.165, 1.54) is 13.2 Å². The maximum Gasteiger partial charge on any atom is 0.336 e. The fourth-order valence-corrected chi connectivity index (χ4v) is 1.89. The monoisotopic (exact) mass is 260 g/mol. The molecule has 0 aliphatic carbocycles. The van der Waals surface area contributed by atoms with E-state index in [4.69, 9.17) is 9.15 Å². The number of hydrogen-bond donors (Lipinski definition) is 1. The van der Waals surface area contributed by atoms with E-state index in [0.29, 0.717) is 23.3 Å². The minimum Gasteiger partial charge on any atom is -0.504 e. The number of fused-ring (bicyclic) bond motifs is 1. The molecule has 1 N–H and O–H groups in total. The van der Waals surface area contributed by atoms with Crippen molar-refractivity contribution in [3.05, 3.63) is 45.8 Å². The molecule has 4 heteroatoms. The summed E-state index contributed by atoms with van der Waals surface area (Å²) in [5.74, 6) is 0.389. The van der Waals surface area contributed by atoms with Gasteiger partial charge in [0.05, 0.1) is 7.11 Å². The summed E-state index contributed by atoms with van der Waals surface area (Å²) in [5, 5.41) is 10.9. The Bertz CT molecular complexity index is 691. The molecule has 4 nitrogen and oxygen atoms in total. The van der Waals surface area contributed by atoms with Crippen molar-refractivity contribution in [1.29, 1.82) is 0 Å². The fourth-order valence-electron chi connectivity index (χ4n) is 1.89. The molecule has 0 saturated carbocycles. The van der Waals surface area contributed by atoms with Crippen LogP contribution in [-0.2, 0) is 6.42 Å². The number of hydrogen-bond acceptors (Lipinski definition) is 4. The van der Waals surface area contributed by atoms with E-state index >= 15 is 0 Å². The van der Waals surface area contributed by atoms with Crippen molar-refractivity contribution in [2.75, 3.05) is 7.11 Å². The standard InChI is InChI=1S/C15H16O4/c1-9(2)4-6-11-14(17)12(18-3)8-10-5-7-13(16)19-15(10)11/h4-5,7-8,17H,6H2,1-3H3. The molecule has 2 rings (SSSR count). The predicted octanol–water partition coefficient (Wildman–Crippen LogP) is 3.02. The fraction of sp³-hybridized carbons (Fsp3) is 0.267. The molecule has 19 heavy (non-hydrogen) atoms. The molecule has 0 spiro atoms. The van der Waals surface area contributed by atoms with Gasteiger partial charge in [-0.15, -0.1) is 0 Å². The zero-order chi connectivity index (χ0) is 14.0. The molecule has 2 aromatic rings. The van der Waals surface area contributed by atoms with Crippen molar-refractivity contribution >= 4 is 11.0 Å². The Labute approximate surface area is 110 Å². The Kier molecular flexibility index (Phi) is 3.60. The summed E-state index contributed by atoms with van der Waals surface area (Å²) in [4.78, 5) is 11.3. The molecule has 100 valence electrons. The van der Waals surface area contributed by atoms with E-state index in [1.807, 2.05) is 19.9 Å². The zero-order valence-corrected chi connectivity index (χ0v) is 11.2. The molecule has 0 saturated heterocycles. The van der Waals surface area contributed by atoms with Gasteiger partial charge in [-0.1, -0.05) is 11.6 Å². The van der Waals surface area contributed by atoms with Crippen LogP contribution in [0.2, 0.25) is 0 Å². The largest absolute Gasteiger partial charge is 0.504 e. The van der Waals surface area contributed by atoms with E-state index in [-0.39, 0.29) is 5.75 Å². The van der Waals surface area contributed by atoms with Gasteiger partial charge in [-0.25, -0.2) is 4.79 Å². The molecule has 0 radical (unpaired) electrons. The van der Waals surface area contributed by atoms with Crippen molar-refractivity contribution in [2.45, 2.75) is 20.3 Å². The normalized spacial score (nSPS) is 10.5. The average Bonchev–Trinajstić information content (AvgIpc) is 2.37. The Hall–Kier alpha value is -2.23. The molecular weight excluding hydrogens is 244 g/mol. The molecular formula is C15H16O4. The predicted molar refractivity (Wildman–Crippen MR) is 73.8 cm³/mol. The number of rotatable bonds is 3. The highest BCUT2D eigenvalue weighted by molar-refractivity contribution is 5.85. The number of allylic oxidation sites excluding steroid dienone is 2. The highest BCUT2D eigenvalue weighted by Gasteiger charge is 2.14. The van der Waals surface area contributed by atoms with Crippen LogP contribution >= 0.6 is 0 Å². The molecule has 0 bridgehead atoms. The van der Waals surface area contributed by atoms with Gasteiger partial charge in [0, 0.05) is 17.0 Å². The molecule has 0 unspecified atom stereocenters. The van der Waals surface area contributed by atoms with Crippen LogP contribution in [0.5, 0.6) is 11.5 Å². The van der Waals surface area contributed by atoms with Gasteiger partial charge in [-0.3, -0.25) is 0 Å². The molecule has 0 amide bonds. The van der Waals surface area contributed by atoms with Gasteiger partial charge >= 0.3 is 5.63 Å². The summed E-state index contributed by atoms with van der Waals surface area (Å²) >= 11 is 0. The molecule has 0 fully saturated rings. The number of benzene rings is 1. The summed E-state index contributed by atoms with van der Waals surface area (Å²) in [5.41, 5.74) is 1.65. The SMILES string of the molecule is COc1cc2ccc(=O)oc2c(CC=C(C)C)c1O. The smallest absolute Gasteiger partial charge is 0.336 e. The first-order chi connectivity index (χ1) is 9.02. The third kappa shape index (κ3) is 2.62. The maximum atomic E-state index is 11.3. The van der Waals surface area contributed by atoms with E-state index < -0.39 is 5.63 Å². The first kappa shape index (κ1) is 13.2. The molecule has 1 aromatic carbocycles. The third-order valence-corrected chi connectivity index (χ3v) is 2.88. The summed E-state index contributed by atoms with van der Waals surface area (Å²) in [6.07, 6.45) is 2.44. The lowest BCUT2D eigenvalue weighted by atomic mass is 10.0. The average molecular weight is 260 g/mol. The van der Waals surface area contributed by atoms with Gasteiger partial charge in [0.15, 0.2) is 11.5 Å². The summed E-state index contributed by atoms with van der Waals surface area (Å²) in [7, 11) is 1.49. The summed E-state index contributed by atoms with van der Waals surface area (Å²) in [6, 6.07) is 4.66. The minimum atomic E-state index is -0.435. The van der Waals surface area contributed by atoms with Crippen LogP contribution in [0.15, 0.2) is 39.1 Å². The first-order valence-corrected chi connectivity index (χ1v) is 5.99. The lowest BCUT2D eigenvalue weighted by Crippen LogP contribution is -1.98. The molecule has 0 atom stereocenters. The van der Waals surface area contributed by atoms with E-state index in [9.17, 15) is 9.90 Å². The van der Waals surface area contributed by atoms with Crippen molar-refractivity contribution < 1.29 is 14.3 Å². The van der Waals surface area contributed by atoms with Crippen LogP contribution in [0.25, 0.3) is 11.0 Å². The topological polar surface area (TPSA) is 59.7 Å². The Morgan fingerprint density at radius 1 is 1.42 bits per heavy atom.